The molecule has 2 aliphatic heterocycles. The van der Waals surface area contributed by atoms with Crippen molar-refractivity contribution in [1.82, 2.24) is 0 Å². The van der Waals surface area contributed by atoms with Gasteiger partial charge >= 0.3 is 5.97 Å². The molecule has 0 spiro atoms. The molecule has 1 aromatic carbocycles. The number of rotatable bonds is 10. The summed E-state index contributed by atoms with van der Waals surface area (Å²) in [5.74, 6) is -2.05. The Morgan fingerprint density at radius 1 is 1.13 bits per heavy atom. The van der Waals surface area contributed by atoms with Crippen LogP contribution < -0.4 is 0 Å². The van der Waals surface area contributed by atoms with Crippen molar-refractivity contribution in [3.05, 3.63) is 47.2 Å². The third kappa shape index (κ3) is 6.81. The van der Waals surface area contributed by atoms with Crippen molar-refractivity contribution in [3.63, 3.8) is 0 Å². The van der Waals surface area contributed by atoms with Gasteiger partial charge in [-0.2, -0.15) is 0 Å². The molecule has 13 nitrogen and oxygen atoms in total. The van der Waals surface area contributed by atoms with Crippen molar-refractivity contribution < 1.29 is 64.2 Å². The summed E-state index contributed by atoms with van der Waals surface area (Å²) in [5.41, 5.74) is 1.09. The van der Waals surface area contributed by atoms with Gasteiger partial charge in [-0.1, -0.05) is 12.1 Å². The number of phenols is 2. The number of aliphatic hydroxyl groups excluding tert-OH is 5. The molecule has 0 aliphatic carbocycles. The predicted octanol–water partition coefficient (Wildman–Crippen LogP) is -0.842. The largest absolute Gasteiger partial charge is 0.504 e. The number of hydrogen-bond donors (Lipinski definition) is 7. The number of allylic oxidation sites excluding steroid dienone is 1. The normalized spacial score (nSPS) is 31.4. The van der Waals surface area contributed by atoms with E-state index in [1.807, 2.05) is 0 Å². The van der Waals surface area contributed by atoms with E-state index in [4.69, 9.17) is 23.7 Å². The average Bonchev–Trinajstić information content (AvgIpc) is 2.90. The monoisotopic (exact) mass is 542 g/mol. The summed E-state index contributed by atoms with van der Waals surface area (Å²) in [6.45, 7) is 1.05. The highest BCUT2D eigenvalue weighted by Gasteiger charge is 2.46. The number of carbonyl (C=O) groups is 1. The molecular weight excluding hydrogens is 508 g/mol. The standard InChI is InChI=1S/C25H34O13/c1-3-13-14(9-19(29)35-7-6-12-4-5-16(27)17(28)8-12)15(23(33)34-2)11-36-24(13)38-25-22(32)21(31)20(30)18(10-26)37-25/h3-5,8,11,14,18-22,24-32H,6-7,9-10H2,1-2H3/b13-3+/t14-,18+,19?,20+,21-,22+,24-,25-/m0/s1. The van der Waals surface area contributed by atoms with Crippen LogP contribution in [0.3, 0.4) is 0 Å². The van der Waals surface area contributed by atoms with Gasteiger partial charge in [0, 0.05) is 17.9 Å². The molecule has 1 fully saturated rings. The quantitative estimate of drug-likeness (QED) is 0.0834. The van der Waals surface area contributed by atoms with E-state index in [-0.39, 0.29) is 30.1 Å². The molecule has 0 bridgehead atoms. The van der Waals surface area contributed by atoms with E-state index in [0.29, 0.717) is 17.6 Å². The lowest BCUT2D eigenvalue weighted by atomic mass is 9.86. The number of methoxy groups -OCH3 is 1. The third-order valence-electron chi connectivity index (χ3n) is 6.41. The fourth-order valence-corrected chi connectivity index (χ4v) is 4.27. The molecular formula is C25H34O13. The van der Waals surface area contributed by atoms with Crippen molar-refractivity contribution in [2.45, 2.75) is 63.1 Å². The summed E-state index contributed by atoms with van der Waals surface area (Å²) >= 11 is 0. The summed E-state index contributed by atoms with van der Waals surface area (Å²) in [6, 6.07) is 4.31. The fourth-order valence-electron chi connectivity index (χ4n) is 4.27. The van der Waals surface area contributed by atoms with Gasteiger partial charge in [-0.25, -0.2) is 4.79 Å². The zero-order valence-corrected chi connectivity index (χ0v) is 20.9. The Labute approximate surface area is 218 Å². The number of ether oxygens (including phenoxy) is 5. The molecule has 0 aromatic heterocycles. The van der Waals surface area contributed by atoms with Gasteiger partial charge < -0.3 is 59.4 Å². The van der Waals surface area contributed by atoms with Gasteiger partial charge in [0.25, 0.3) is 0 Å². The first-order valence-electron chi connectivity index (χ1n) is 12.0. The van der Waals surface area contributed by atoms with E-state index >= 15 is 0 Å². The molecule has 1 saturated heterocycles. The lowest BCUT2D eigenvalue weighted by molar-refractivity contribution is -0.328. The Hall–Kier alpha value is -2.75. The number of aliphatic hydroxyl groups is 5. The summed E-state index contributed by atoms with van der Waals surface area (Å²) in [5, 5.41) is 69.4. The van der Waals surface area contributed by atoms with Crippen LogP contribution in [-0.4, -0.2) is 105 Å². The number of esters is 1. The predicted molar refractivity (Wildman–Crippen MR) is 127 cm³/mol. The van der Waals surface area contributed by atoms with Gasteiger partial charge in [0.05, 0.1) is 32.2 Å². The highest BCUT2D eigenvalue weighted by atomic mass is 16.8. The van der Waals surface area contributed by atoms with Crippen LogP contribution in [0.1, 0.15) is 18.9 Å². The second-order valence-corrected chi connectivity index (χ2v) is 8.84. The molecule has 38 heavy (non-hydrogen) atoms. The van der Waals surface area contributed by atoms with Crippen molar-refractivity contribution in [1.29, 1.82) is 0 Å². The van der Waals surface area contributed by atoms with E-state index in [1.165, 1.54) is 19.2 Å². The van der Waals surface area contributed by atoms with Crippen molar-refractivity contribution >= 4 is 5.97 Å². The smallest absolute Gasteiger partial charge is 0.337 e. The Morgan fingerprint density at radius 2 is 1.87 bits per heavy atom. The molecule has 7 N–H and O–H groups in total. The van der Waals surface area contributed by atoms with Crippen molar-refractivity contribution in [3.8, 4) is 11.5 Å². The van der Waals surface area contributed by atoms with Crippen LogP contribution in [0.25, 0.3) is 0 Å². The molecule has 1 aromatic rings. The first-order valence-corrected chi connectivity index (χ1v) is 12.0. The maximum atomic E-state index is 12.4. The highest BCUT2D eigenvalue weighted by molar-refractivity contribution is 5.89. The molecule has 2 heterocycles. The van der Waals surface area contributed by atoms with E-state index in [2.05, 4.69) is 0 Å². The highest BCUT2D eigenvalue weighted by Crippen LogP contribution is 2.37. The Bertz CT molecular complexity index is 1010. The van der Waals surface area contributed by atoms with Crippen LogP contribution in [0, 0.1) is 5.92 Å². The lowest BCUT2D eigenvalue weighted by Crippen LogP contribution is -2.60. The second-order valence-electron chi connectivity index (χ2n) is 8.84. The molecule has 0 radical (unpaired) electrons. The number of benzene rings is 1. The summed E-state index contributed by atoms with van der Waals surface area (Å²) in [6.07, 6.45) is -7.28. The van der Waals surface area contributed by atoms with Crippen LogP contribution in [0.15, 0.2) is 41.7 Å². The molecule has 0 amide bonds. The van der Waals surface area contributed by atoms with Gasteiger partial charge in [0.1, 0.15) is 24.4 Å². The minimum absolute atomic E-state index is 0.0574. The fraction of sp³-hybridized carbons (Fsp3) is 0.560. The van der Waals surface area contributed by atoms with Gasteiger partial charge in [0.2, 0.25) is 6.29 Å². The molecule has 0 saturated carbocycles. The summed E-state index contributed by atoms with van der Waals surface area (Å²) in [4.78, 5) is 12.4. The SMILES string of the molecule is C/C=C1/[C@H](O[C@@H]2O[C@H](CO)[C@@H](O)[C@H](O)[C@H]2O)OC=C(C(=O)OC)[C@H]1CC(O)OCCc1ccc(O)c(O)c1. The number of phenolic OH excluding ortho intramolecular Hbond substituents is 2. The number of aromatic hydroxyl groups is 2. The van der Waals surface area contributed by atoms with Gasteiger partial charge in [-0.3, -0.25) is 0 Å². The Balaban J connectivity index is 1.70. The molecule has 13 heteroatoms. The topological polar surface area (TPSA) is 205 Å². The Morgan fingerprint density at radius 3 is 2.50 bits per heavy atom. The average molecular weight is 543 g/mol. The molecule has 8 atom stereocenters. The van der Waals surface area contributed by atoms with Gasteiger partial charge in [-0.05, 0) is 31.0 Å². The first kappa shape index (κ1) is 29.8. The molecule has 212 valence electrons. The van der Waals surface area contributed by atoms with Crippen LogP contribution in [0.4, 0.5) is 0 Å². The van der Waals surface area contributed by atoms with Crippen LogP contribution >= 0.6 is 0 Å². The van der Waals surface area contributed by atoms with Gasteiger partial charge in [-0.15, -0.1) is 0 Å². The third-order valence-corrected chi connectivity index (χ3v) is 6.41. The molecule has 3 rings (SSSR count). The van der Waals surface area contributed by atoms with E-state index in [9.17, 15) is 40.5 Å². The van der Waals surface area contributed by atoms with E-state index in [1.54, 1.807) is 19.1 Å². The molecule has 1 unspecified atom stereocenters. The van der Waals surface area contributed by atoms with Crippen LogP contribution in [-0.2, 0) is 34.9 Å². The maximum Gasteiger partial charge on any atom is 0.337 e. The lowest BCUT2D eigenvalue weighted by Gasteiger charge is -2.42. The molecule has 2 aliphatic rings. The first-order chi connectivity index (χ1) is 18.1. The van der Waals surface area contributed by atoms with Crippen LogP contribution in [0.2, 0.25) is 0 Å². The van der Waals surface area contributed by atoms with Crippen LogP contribution in [0.5, 0.6) is 11.5 Å². The summed E-state index contributed by atoms with van der Waals surface area (Å²) < 4.78 is 27.0. The number of hydrogen-bond acceptors (Lipinski definition) is 13. The minimum atomic E-state index is -1.67. The maximum absolute atomic E-state index is 12.4. The van der Waals surface area contributed by atoms with E-state index < -0.39 is 61.8 Å². The summed E-state index contributed by atoms with van der Waals surface area (Å²) in [7, 11) is 1.19. The van der Waals surface area contributed by atoms with Gasteiger partial charge in [0.15, 0.2) is 24.1 Å². The van der Waals surface area contributed by atoms with E-state index in [0.717, 1.165) is 6.26 Å². The zero-order valence-electron chi connectivity index (χ0n) is 20.9. The Kier molecular flexibility index (Phi) is 10.5. The second kappa shape index (κ2) is 13.4. The van der Waals surface area contributed by atoms with Crippen molar-refractivity contribution in [2.75, 3.05) is 20.3 Å². The zero-order chi connectivity index (χ0) is 28.0. The van der Waals surface area contributed by atoms with Crippen molar-refractivity contribution in [2.24, 2.45) is 5.92 Å². The minimum Gasteiger partial charge on any atom is -0.504 e. The number of carbonyl (C=O) groups excluding carboxylic acids is 1.